The molecule has 0 fully saturated rings. The Morgan fingerprint density at radius 3 is 2.44 bits per heavy atom. The molecule has 5 heteroatoms. The maximum atomic E-state index is 5.63. The van der Waals surface area contributed by atoms with Crippen LogP contribution in [0.15, 0.2) is 60.8 Å². The van der Waals surface area contributed by atoms with Gasteiger partial charge in [-0.1, -0.05) is 37.3 Å². The minimum atomic E-state index is 0.520. The van der Waals surface area contributed by atoms with Gasteiger partial charge in [-0.2, -0.15) is 4.98 Å². The molecule has 0 aliphatic carbocycles. The second-order valence-electron chi connectivity index (χ2n) is 5.46. The van der Waals surface area contributed by atoms with E-state index in [1.54, 1.807) is 6.20 Å². The molecule has 1 aromatic heterocycles. The summed E-state index contributed by atoms with van der Waals surface area (Å²) < 4.78 is 5.63. The van der Waals surface area contributed by atoms with Crippen LogP contribution >= 0.6 is 0 Å². The number of benzene rings is 2. The van der Waals surface area contributed by atoms with Gasteiger partial charge in [-0.3, -0.25) is 0 Å². The fourth-order valence-electron chi connectivity index (χ4n) is 2.55. The van der Waals surface area contributed by atoms with Gasteiger partial charge in [0.15, 0.2) is 0 Å². The molecule has 128 valence electrons. The van der Waals surface area contributed by atoms with E-state index in [9.17, 15) is 0 Å². The summed E-state index contributed by atoms with van der Waals surface area (Å²) in [5.41, 5.74) is 3.15. The average Bonchev–Trinajstić information content (AvgIpc) is 2.64. The third kappa shape index (κ3) is 4.26. The number of para-hydroxylation sites is 3. The second kappa shape index (κ2) is 8.15. The fraction of sp³-hybridized carbons (Fsp3) is 0.200. The SMILES string of the molecule is CCOc1ccccc1Nc1nccc(Nc2ccccc2CC)n1. The first-order chi connectivity index (χ1) is 12.3. The van der Waals surface area contributed by atoms with Crippen LogP contribution in [0.5, 0.6) is 5.75 Å². The first-order valence-corrected chi connectivity index (χ1v) is 8.47. The average molecular weight is 334 g/mol. The van der Waals surface area contributed by atoms with Crippen molar-refractivity contribution in [1.82, 2.24) is 9.97 Å². The Kier molecular flexibility index (Phi) is 5.46. The molecule has 0 amide bonds. The number of hydrogen-bond acceptors (Lipinski definition) is 5. The summed E-state index contributed by atoms with van der Waals surface area (Å²) in [6, 6.07) is 17.8. The summed E-state index contributed by atoms with van der Waals surface area (Å²) in [6.45, 7) is 4.70. The van der Waals surface area contributed by atoms with E-state index in [4.69, 9.17) is 4.74 Å². The number of rotatable bonds is 7. The summed E-state index contributed by atoms with van der Waals surface area (Å²) in [6.07, 6.45) is 2.69. The second-order valence-corrected chi connectivity index (χ2v) is 5.46. The highest BCUT2D eigenvalue weighted by molar-refractivity contribution is 5.65. The molecule has 2 N–H and O–H groups in total. The van der Waals surface area contributed by atoms with E-state index in [0.717, 1.165) is 29.4 Å². The van der Waals surface area contributed by atoms with Gasteiger partial charge >= 0.3 is 0 Å². The van der Waals surface area contributed by atoms with Crippen LogP contribution in [0.4, 0.5) is 23.1 Å². The predicted molar refractivity (Wildman–Crippen MR) is 102 cm³/mol. The fourth-order valence-corrected chi connectivity index (χ4v) is 2.55. The molecular formula is C20H22N4O. The van der Waals surface area contributed by atoms with Gasteiger partial charge in [-0.15, -0.1) is 0 Å². The van der Waals surface area contributed by atoms with Gasteiger partial charge < -0.3 is 15.4 Å². The lowest BCUT2D eigenvalue weighted by Gasteiger charge is -2.13. The van der Waals surface area contributed by atoms with Gasteiger partial charge in [-0.25, -0.2) is 4.98 Å². The lowest BCUT2D eigenvalue weighted by Crippen LogP contribution is -2.03. The highest BCUT2D eigenvalue weighted by Gasteiger charge is 2.06. The molecule has 0 aliphatic heterocycles. The summed E-state index contributed by atoms with van der Waals surface area (Å²) in [5.74, 6) is 2.04. The minimum Gasteiger partial charge on any atom is -0.492 e. The molecule has 0 unspecified atom stereocenters. The highest BCUT2D eigenvalue weighted by Crippen LogP contribution is 2.27. The maximum absolute atomic E-state index is 5.63. The van der Waals surface area contributed by atoms with E-state index in [-0.39, 0.29) is 0 Å². The Morgan fingerprint density at radius 1 is 0.880 bits per heavy atom. The number of aryl methyl sites for hydroxylation is 1. The van der Waals surface area contributed by atoms with Crippen LogP contribution in [0.1, 0.15) is 19.4 Å². The van der Waals surface area contributed by atoms with E-state index < -0.39 is 0 Å². The summed E-state index contributed by atoms with van der Waals surface area (Å²) in [7, 11) is 0. The van der Waals surface area contributed by atoms with Crippen LogP contribution in [0, 0.1) is 0 Å². The Morgan fingerprint density at radius 2 is 1.64 bits per heavy atom. The number of nitrogens with one attached hydrogen (secondary N) is 2. The van der Waals surface area contributed by atoms with Crippen molar-refractivity contribution in [2.75, 3.05) is 17.2 Å². The first-order valence-electron chi connectivity index (χ1n) is 8.47. The predicted octanol–water partition coefficient (Wildman–Crippen LogP) is 4.92. The van der Waals surface area contributed by atoms with E-state index in [1.165, 1.54) is 5.56 Å². The van der Waals surface area contributed by atoms with Crippen LogP contribution in [0.25, 0.3) is 0 Å². The Balaban J connectivity index is 1.80. The van der Waals surface area contributed by atoms with Gasteiger partial charge in [0.25, 0.3) is 0 Å². The van der Waals surface area contributed by atoms with Gasteiger partial charge in [0.05, 0.1) is 12.3 Å². The van der Waals surface area contributed by atoms with E-state index in [2.05, 4.69) is 39.7 Å². The summed E-state index contributed by atoms with van der Waals surface area (Å²) in [4.78, 5) is 8.85. The van der Waals surface area contributed by atoms with Crippen LogP contribution in [-0.2, 0) is 6.42 Å². The van der Waals surface area contributed by atoms with Crippen molar-refractivity contribution in [2.45, 2.75) is 20.3 Å². The van der Waals surface area contributed by atoms with Crippen molar-refractivity contribution in [3.8, 4) is 5.75 Å². The zero-order valence-electron chi connectivity index (χ0n) is 14.5. The van der Waals surface area contributed by atoms with Crippen molar-refractivity contribution in [3.05, 3.63) is 66.4 Å². The smallest absolute Gasteiger partial charge is 0.229 e. The molecule has 3 aromatic rings. The standard InChI is InChI=1S/C20H22N4O/c1-3-15-9-5-6-10-16(15)22-19-13-14-21-20(24-19)23-17-11-7-8-12-18(17)25-4-2/h5-14H,3-4H2,1-2H3,(H2,21,22,23,24). The lowest BCUT2D eigenvalue weighted by atomic mass is 10.1. The summed E-state index contributed by atoms with van der Waals surface area (Å²) >= 11 is 0. The largest absolute Gasteiger partial charge is 0.492 e. The molecule has 0 saturated heterocycles. The monoisotopic (exact) mass is 334 g/mol. The zero-order valence-corrected chi connectivity index (χ0v) is 14.5. The van der Waals surface area contributed by atoms with Crippen LogP contribution in [0.2, 0.25) is 0 Å². The van der Waals surface area contributed by atoms with E-state index >= 15 is 0 Å². The highest BCUT2D eigenvalue weighted by atomic mass is 16.5. The number of ether oxygens (including phenoxy) is 1. The molecule has 0 aliphatic rings. The van der Waals surface area contributed by atoms with Crippen LogP contribution < -0.4 is 15.4 Å². The van der Waals surface area contributed by atoms with Gasteiger partial charge in [0.2, 0.25) is 5.95 Å². The van der Waals surface area contributed by atoms with Gasteiger partial charge in [-0.05, 0) is 43.2 Å². The molecule has 25 heavy (non-hydrogen) atoms. The van der Waals surface area contributed by atoms with Crippen molar-refractivity contribution in [3.63, 3.8) is 0 Å². The maximum Gasteiger partial charge on any atom is 0.229 e. The molecule has 0 spiro atoms. The Hall–Kier alpha value is -3.08. The molecule has 0 saturated carbocycles. The molecule has 3 rings (SSSR count). The first kappa shape index (κ1) is 16.8. The number of anilines is 4. The Labute approximate surface area is 148 Å². The van der Waals surface area contributed by atoms with Gasteiger partial charge in [0.1, 0.15) is 11.6 Å². The number of nitrogens with zero attached hydrogens (tertiary/aromatic N) is 2. The Bertz CT molecular complexity index is 835. The molecule has 0 radical (unpaired) electrons. The molecule has 0 bridgehead atoms. The van der Waals surface area contributed by atoms with Crippen molar-refractivity contribution >= 4 is 23.1 Å². The number of hydrogen-bond donors (Lipinski definition) is 2. The number of aromatic nitrogens is 2. The van der Waals surface area contributed by atoms with Crippen molar-refractivity contribution < 1.29 is 4.74 Å². The molecule has 1 heterocycles. The van der Waals surface area contributed by atoms with Crippen LogP contribution in [0.3, 0.4) is 0 Å². The van der Waals surface area contributed by atoms with E-state index in [1.807, 2.05) is 49.4 Å². The summed E-state index contributed by atoms with van der Waals surface area (Å²) in [5, 5.41) is 6.59. The molecule has 0 atom stereocenters. The van der Waals surface area contributed by atoms with Gasteiger partial charge in [0, 0.05) is 11.9 Å². The third-order valence-corrected chi connectivity index (χ3v) is 3.75. The topological polar surface area (TPSA) is 59.1 Å². The molecule has 2 aromatic carbocycles. The van der Waals surface area contributed by atoms with Crippen LogP contribution in [-0.4, -0.2) is 16.6 Å². The lowest BCUT2D eigenvalue weighted by molar-refractivity contribution is 0.342. The normalized spacial score (nSPS) is 10.3. The minimum absolute atomic E-state index is 0.520. The van der Waals surface area contributed by atoms with Crippen molar-refractivity contribution in [2.24, 2.45) is 0 Å². The third-order valence-electron chi connectivity index (χ3n) is 3.75. The zero-order chi connectivity index (χ0) is 17.5. The molecule has 5 nitrogen and oxygen atoms in total. The molecular weight excluding hydrogens is 312 g/mol. The van der Waals surface area contributed by atoms with E-state index in [0.29, 0.717) is 12.6 Å². The van der Waals surface area contributed by atoms with Crippen molar-refractivity contribution in [1.29, 1.82) is 0 Å². The quantitative estimate of drug-likeness (QED) is 0.642.